The molecular formula is C27H29N3O5. The molecule has 1 amide bonds. The molecule has 1 unspecified atom stereocenters. The van der Waals surface area contributed by atoms with E-state index in [0.717, 1.165) is 12.8 Å². The van der Waals surface area contributed by atoms with Crippen molar-refractivity contribution in [3.63, 3.8) is 0 Å². The van der Waals surface area contributed by atoms with E-state index in [2.05, 4.69) is 11.9 Å². The maximum absolute atomic E-state index is 13.2. The van der Waals surface area contributed by atoms with Crippen molar-refractivity contribution in [1.82, 2.24) is 14.5 Å². The lowest BCUT2D eigenvalue weighted by Gasteiger charge is -2.25. The van der Waals surface area contributed by atoms with Crippen LogP contribution in [-0.2, 0) is 16.1 Å². The second-order valence-corrected chi connectivity index (χ2v) is 8.47. The molecule has 8 nitrogen and oxygen atoms in total. The van der Waals surface area contributed by atoms with Crippen molar-refractivity contribution in [1.29, 1.82) is 0 Å². The molecule has 2 N–H and O–H groups in total. The fraction of sp³-hybridized carbons (Fsp3) is 0.296. The maximum Gasteiger partial charge on any atom is 0.295 e. The van der Waals surface area contributed by atoms with Gasteiger partial charge in [-0.2, -0.15) is 0 Å². The Morgan fingerprint density at radius 1 is 1.09 bits per heavy atom. The molecule has 1 aliphatic rings. The first-order chi connectivity index (χ1) is 17.0. The number of amides is 1. The number of ether oxygens (including phenoxy) is 1. The van der Waals surface area contributed by atoms with Gasteiger partial charge in [-0.05, 0) is 42.7 Å². The van der Waals surface area contributed by atoms with Crippen molar-refractivity contribution < 1.29 is 24.5 Å². The summed E-state index contributed by atoms with van der Waals surface area (Å²) in [5.74, 6) is -1.12. The third kappa shape index (κ3) is 5.37. The van der Waals surface area contributed by atoms with E-state index in [4.69, 9.17) is 4.74 Å². The highest BCUT2D eigenvalue weighted by molar-refractivity contribution is 6.46. The number of hydrogen-bond donors (Lipinski definition) is 2. The second-order valence-electron chi connectivity index (χ2n) is 8.47. The summed E-state index contributed by atoms with van der Waals surface area (Å²) in [6, 6.07) is 12.5. The summed E-state index contributed by atoms with van der Waals surface area (Å²) in [5.41, 5.74) is 0.929. The fourth-order valence-corrected chi connectivity index (χ4v) is 4.22. The van der Waals surface area contributed by atoms with E-state index >= 15 is 0 Å². The standard InChI is InChI=1S/C27H29N3O5/c1-2-3-15-35-22-10-5-8-20(17-22)25(32)23-24(19-7-4-9-21(31)16-19)30(27(34)26(23)33)13-6-12-29-14-11-28-18-29/h4-5,7-11,14,16-18,24,31-32H,2-3,6,12-13,15H2,1H3/b25-23+. The number of imidazole rings is 1. The van der Waals surface area contributed by atoms with Crippen LogP contribution in [0.2, 0.25) is 0 Å². The van der Waals surface area contributed by atoms with Gasteiger partial charge >= 0.3 is 0 Å². The number of unbranched alkanes of at least 4 members (excludes halogenated alkanes) is 1. The smallest absolute Gasteiger partial charge is 0.295 e. The van der Waals surface area contributed by atoms with Gasteiger partial charge in [-0.1, -0.05) is 37.6 Å². The van der Waals surface area contributed by atoms with Crippen LogP contribution in [0, 0.1) is 0 Å². The molecule has 4 rings (SSSR count). The lowest BCUT2D eigenvalue weighted by Crippen LogP contribution is -2.31. The zero-order valence-electron chi connectivity index (χ0n) is 19.6. The Labute approximate surface area is 204 Å². The Kier molecular flexibility index (Phi) is 7.50. The number of Topliss-reactive ketones (excluding diaryl/α,β-unsaturated/α-hetero) is 1. The number of aryl methyl sites for hydroxylation is 1. The third-order valence-corrected chi connectivity index (χ3v) is 5.97. The molecular weight excluding hydrogens is 446 g/mol. The van der Waals surface area contributed by atoms with Crippen molar-refractivity contribution in [3.8, 4) is 11.5 Å². The largest absolute Gasteiger partial charge is 0.508 e. The maximum atomic E-state index is 13.2. The lowest BCUT2D eigenvalue weighted by atomic mass is 9.95. The number of rotatable bonds is 10. The molecule has 1 fully saturated rings. The Morgan fingerprint density at radius 2 is 1.91 bits per heavy atom. The highest BCUT2D eigenvalue weighted by atomic mass is 16.5. The number of aliphatic hydroxyl groups excluding tert-OH is 1. The Bertz CT molecular complexity index is 1220. The van der Waals surface area contributed by atoms with Crippen LogP contribution in [0.4, 0.5) is 0 Å². The average molecular weight is 476 g/mol. The fourth-order valence-electron chi connectivity index (χ4n) is 4.22. The highest BCUT2D eigenvalue weighted by Crippen LogP contribution is 2.40. The Hall–Kier alpha value is -4.07. The minimum absolute atomic E-state index is 0.00561. The molecule has 182 valence electrons. The summed E-state index contributed by atoms with van der Waals surface area (Å²) in [6.07, 6.45) is 7.68. The molecule has 0 bridgehead atoms. The van der Waals surface area contributed by atoms with Gasteiger partial charge in [0.15, 0.2) is 0 Å². The first-order valence-electron chi connectivity index (χ1n) is 11.8. The van der Waals surface area contributed by atoms with E-state index in [1.54, 1.807) is 48.9 Å². The molecule has 35 heavy (non-hydrogen) atoms. The number of aromatic hydroxyl groups is 1. The number of hydrogen-bond acceptors (Lipinski definition) is 6. The molecule has 3 aromatic rings. The summed E-state index contributed by atoms with van der Waals surface area (Å²) in [7, 11) is 0. The predicted molar refractivity (Wildman–Crippen MR) is 131 cm³/mol. The minimum atomic E-state index is -0.824. The highest BCUT2D eigenvalue weighted by Gasteiger charge is 2.45. The van der Waals surface area contributed by atoms with Gasteiger partial charge in [-0.3, -0.25) is 9.59 Å². The topological polar surface area (TPSA) is 105 Å². The molecule has 0 aliphatic carbocycles. The van der Waals surface area contributed by atoms with Gasteiger partial charge in [0.05, 0.1) is 24.5 Å². The van der Waals surface area contributed by atoms with E-state index < -0.39 is 17.7 Å². The number of carbonyl (C=O) groups excluding carboxylic acids is 2. The van der Waals surface area contributed by atoms with Crippen LogP contribution < -0.4 is 4.74 Å². The van der Waals surface area contributed by atoms with Gasteiger partial charge in [-0.15, -0.1) is 0 Å². The number of nitrogens with zero attached hydrogens (tertiary/aromatic N) is 3. The van der Waals surface area contributed by atoms with E-state index in [1.807, 2.05) is 10.8 Å². The van der Waals surface area contributed by atoms with Gasteiger partial charge in [0.2, 0.25) is 0 Å². The first kappa shape index (κ1) is 24.1. The number of phenols is 1. The minimum Gasteiger partial charge on any atom is -0.508 e. The number of likely N-dealkylation sites (tertiary alicyclic amines) is 1. The van der Waals surface area contributed by atoms with Crippen molar-refractivity contribution >= 4 is 17.4 Å². The van der Waals surface area contributed by atoms with Crippen molar-refractivity contribution in [3.05, 3.63) is 84.0 Å². The molecule has 2 heterocycles. The predicted octanol–water partition coefficient (Wildman–Crippen LogP) is 4.28. The third-order valence-electron chi connectivity index (χ3n) is 5.97. The van der Waals surface area contributed by atoms with Crippen molar-refractivity contribution in [2.24, 2.45) is 0 Å². The van der Waals surface area contributed by atoms with Crippen LogP contribution in [0.5, 0.6) is 11.5 Å². The molecule has 1 atom stereocenters. The second kappa shape index (κ2) is 10.9. The van der Waals surface area contributed by atoms with Crippen LogP contribution in [0.15, 0.2) is 72.8 Å². The number of phenolic OH excluding ortho intramolecular Hbond substituents is 1. The number of ketones is 1. The van der Waals surface area contributed by atoms with Gasteiger partial charge in [0.25, 0.3) is 11.7 Å². The zero-order chi connectivity index (χ0) is 24.8. The van der Waals surface area contributed by atoms with Gasteiger partial charge in [-0.25, -0.2) is 4.98 Å². The Morgan fingerprint density at radius 3 is 2.66 bits per heavy atom. The van der Waals surface area contributed by atoms with Crippen LogP contribution in [0.1, 0.15) is 43.4 Å². The summed E-state index contributed by atoms with van der Waals surface area (Å²) < 4.78 is 7.64. The molecule has 0 spiro atoms. The quantitative estimate of drug-likeness (QED) is 0.196. The molecule has 2 aromatic carbocycles. The molecule has 0 radical (unpaired) electrons. The van der Waals surface area contributed by atoms with E-state index in [9.17, 15) is 19.8 Å². The van der Waals surface area contributed by atoms with E-state index in [1.165, 1.54) is 17.0 Å². The van der Waals surface area contributed by atoms with Crippen molar-refractivity contribution in [2.75, 3.05) is 13.2 Å². The van der Waals surface area contributed by atoms with Gasteiger partial charge in [0.1, 0.15) is 17.3 Å². The van der Waals surface area contributed by atoms with E-state index in [-0.39, 0.29) is 17.1 Å². The molecule has 1 aliphatic heterocycles. The average Bonchev–Trinajstić information content (AvgIpc) is 3.46. The normalized spacial score (nSPS) is 17.2. The first-order valence-corrected chi connectivity index (χ1v) is 11.8. The van der Waals surface area contributed by atoms with Crippen molar-refractivity contribution in [2.45, 2.75) is 38.8 Å². The number of aliphatic hydroxyl groups is 1. The lowest BCUT2D eigenvalue weighted by molar-refractivity contribution is -0.139. The van der Waals surface area contributed by atoms with Gasteiger partial charge in [0, 0.05) is 31.0 Å². The SMILES string of the molecule is CCCCOc1cccc(/C(O)=C2\C(=O)C(=O)N(CCCn3ccnc3)C2c2cccc(O)c2)c1. The number of benzene rings is 2. The van der Waals surface area contributed by atoms with Crippen LogP contribution in [0.3, 0.4) is 0 Å². The zero-order valence-corrected chi connectivity index (χ0v) is 19.6. The summed E-state index contributed by atoms with van der Waals surface area (Å²) in [5, 5.41) is 21.3. The number of carbonyl (C=O) groups is 2. The molecule has 1 saturated heterocycles. The van der Waals surface area contributed by atoms with E-state index in [0.29, 0.717) is 43.0 Å². The van der Waals surface area contributed by atoms with Crippen LogP contribution in [-0.4, -0.2) is 49.5 Å². The summed E-state index contributed by atoms with van der Waals surface area (Å²) >= 11 is 0. The summed E-state index contributed by atoms with van der Waals surface area (Å²) in [4.78, 5) is 31.7. The monoisotopic (exact) mass is 475 g/mol. The number of aromatic nitrogens is 2. The van der Waals surface area contributed by atoms with Crippen LogP contribution >= 0.6 is 0 Å². The van der Waals surface area contributed by atoms with Crippen LogP contribution in [0.25, 0.3) is 5.76 Å². The Balaban J connectivity index is 1.69. The summed E-state index contributed by atoms with van der Waals surface area (Å²) in [6.45, 7) is 3.53. The molecule has 8 heteroatoms. The van der Waals surface area contributed by atoms with Gasteiger partial charge < -0.3 is 24.4 Å². The molecule has 0 saturated carbocycles. The molecule has 1 aromatic heterocycles.